The number of nitrogens with one attached hydrogen (secondary N) is 1. The SMILES string of the molecule is Nc1ccc(-c2c3ccccc3c(N)c3cc(Nc4ccc(-c5ccc6ccc7cc(N)ccc7c6c5)cc4)ccc23)cc1. The Morgan fingerprint density at radius 1 is 0.364 bits per heavy atom. The molecule has 0 spiro atoms. The highest BCUT2D eigenvalue weighted by Gasteiger charge is 2.14. The third kappa shape index (κ3) is 4.32. The Labute approximate surface area is 255 Å². The molecule has 4 nitrogen and oxygen atoms in total. The average molecular weight is 567 g/mol. The zero-order chi connectivity index (χ0) is 29.8. The van der Waals surface area contributed by atoms with Crippen LogP contribution in [-0.2, 0) is 0 Å². The van der Waals surface area contributed by atoms with Crippen LogP contribution in [0.5, 0.6) is 0 Å². The van der Waals surface area contributed by atoms with Crippen molar-refractivity contribution in [2.45, 2.75) is 0 Å². The van der Waals surface area contributed by atoms with Crippen molar-refractivity contribution >= 4 is 71.5 Å². The lowest BCUT2D eigenvalue weighted by molar-refractivity contribution is 1.56. The van der Waals surface area contributed by atoms with Crippen molar-refractivity contribution < 1.29 is 0 Å². The lowest BCUT2D eigenvalue weighted by Gasteiger charge is -2.17. The van der Waals surface area contributed by atoms with Gasteiger partial charge in [-0.15, -0.1) is 0 Å². The van der Waals surface area contributed by atoms with Crippen LogP contribution >= 0.6 is 0 Å². The Balaban J connectivity index is 1.15. The highest BCUT2D eigenvalue weighted by Crippen LogP contribution is 2.42. The van der Waals surface area contributed by atoms with Gasteiger partial charge < -0.3 is 22.5 Å². The van der Waals surface area contributed by atoms with Crippen LogP contribution in [0.2, 0.25) is 0 Å². The van der Waals surface area contributed by atoms with Crippen LogP contribution in [0.25, 0.3) is 65.3 Å². The first-order chi connectivity index (χ1) is 21.5. The van der Waals surface area contributed by atoms with E-state index in [4.69, 9.17) is 17.2 Å². The predicted octanol–water partition coefficient (Wildman–Crippen LogP) is 10.1. The van der Waals surface area contributed by atoms with E-state index in [1.54, 1.807) is 0 Å². The van der Waals surface area contributed by atoms with Crippen molar-refractivity contribution in [1.29, 1.82) is 0 Å². The number of benzene rings is 8. The maximum absolute atomic E-state index is 6.80. The second kappa shape index (κ2) is 10.1. The molecule has 0 saturated carbocycles. The average Bonchev–Trinajstić information content (AvgIpc) is 3.06. The molecule has 0 aromatic heterocycles. The first-order valence-electron chi connectivity index (χ1n) is 14.7. The Morgan fingerprint density at radius 2 is 0.977 bits per heavy atom. The molecule has 0 unspecified atom stereocenters. The fraction of sp³-hybridized carbons (Fsp3) is 0. The minimum absolute atomic E-state index is 0.745. The zero-order valence-electron chi connectivity index (χ0n) is 24.0. The standard InChI is InChI=1S/C40H30N4/c41-29-13-9-26(10-14-29)39-34-3-1-2-4-36(34)40(43)38-23-32(18-20-35(38)39)44-31-16-11-24(12-17-31)27-7-5-25-6-8-28-21-30(42)15-19-33(28)37(25)22-27/h1-23,44H,41-43H2. The van der Waals surface area contributed by atoms with Crippen molar-refractivity contribution in [2.24, 2.45) is 0 Å². The fourth-order valence-electron chi connectivity index (χ4n) is 6.42. The van der Waals surface area contributed by atoms with Gasteiger partial charge in [0.15, 0.2) is 0 Å². The van der Waals surface area contributed by atoms with Crippen molar-refractivity contribution in [3.05, 3.63) is 140 Å². The molecule has 8 rings (SSSR count). The van der Waals surface area contributed by atoms with Gasteiger partial charge in [-0.25, -0.2) is 0 Å². The third-order valence-electron chi connectivity index (χ3n) is 8.63. The summed E-state index contributed by atoms with van der Waals surface area (Å²) in [5.74, 6) is 0. The number of hydrogen-bond donors (Lipinski definition) is 4. The fourth-order valence-corrected chi connectivity index (χ4v) is 6.42. The second-order valence-electron chi connectivity index (χ2n) is 11.4. The van der Waals surface area contributed by atoms with Gasteiger partial charge in [0.25, 0.3) is 0 Å². The van der Waals surface area contributed by atoms with Gasteiger partial charge >= 0.3 is 0 Å². The summed E-state index contributed by atoms with van der Waals surface area (Å²) in [6.45, 7) is 0. The van der Waals surface area contributed by atoms with E-state index in [-0.39, 0.29) is 0 Å². The topological polar surface area (TPSA) is 90.1 Å². The molecular weight excluding hydrogens is 536 g/mol. The summed E-state index contributed by atoms with van der Waals surface area (Å²) in [7, 11) is 0. The maximum Gasteiger partial charge on any atom is 0.0474 e. The number of rotatable bonds is 4. The minimum Gasteiger partial charge on any atom is -0.399 e. The van der Waals surface area contributed by atoms with E-state index < -0.39 is 0 Å². The van der Waals surface area contributed by atoms with Crippen LogP contribution in [-0.4, -0.2) is 0 Å². The van der Waals surface area contributed by atoms with E-state index in [1.807, 2.05) is 30.3 Å². The molecule has 7 N–H and O–H groups in total. The van der Waals surface area contributed by atoms with Crippen LogP contribution in [0.15, 0.2) is 140 Å². The van der Waals surface area contributed by atoms with E-state index in [1.165, 1.54) is 21.7 Å². The molecule has 0 aliphatic heterocycles. The summed E-state index contributed by atoms with van der Waals surface area (Å²) in [6, 6.07) is 48.4. The number of anilines is 5. The molecule has 0 aliphatic rings. The maximum atomic E-state index is 6.80. The molecule has 210 valence electrons. The van der Waals surface area contributed by atoms with E-state index in [0.717, 1.165) is 72.1 Å². The Morgan fingerprint density at radius 3 is 1.80 bits per heavy atom. The summed E-state index contributed by atoms with van der Waals surface area (Å²) in [4.78, 5) is 0. The lowest BCUT2D eigenvalue weighted by Crippen LogP contribution is -1.96. The van der Waals surface area contributed by atoms with Crippen LogP contribution < -0.4 is 22.5 Å². The van der Waals surface area contributed by atoms with E-state index in [0.29, 0.717) is 0 Å². The molecule has 0 amide bonds. The van der Waals surface area contributed by atoms with Crippen LogP contribution in [0.3, 0.4) is 0 Å². The normalized spacial score (nSPS) is 11.5. The predicted molar refractivity (Wildman–Crippen MR) is 190 cm³/mol. The Bertz CT molecular complexity index is 2370. The molecule has 0 bridgehead atoms. The largest absolute Gasteiger partial charge is 0.399 e. The third-order valence-corrected chi connectivity index (χ3v) is 8.63. The summed E-state index contributed by atoms with van der Waals surface area (Å²) in [5.41, 5.74) is 27.7. The van der Waals surface area contributed by atoms with Crippen molar-refractivity contribution in [3.8, 4) is 22.3 Å². The molecular formula is C40H30N4. The smallest absolute Gasteiger partial charge is 0.0474 e. The van der Waals surface area contributed by atoms with Gasteiger partial charge in [-0.1, -0.05) is 84.9 Å². The molecule has 0 heterocycles. The van der Waals surface area contributed by atoms with Gasteiger partial charge in [0, 0.05) is 39.2 Å². The molecule has 0 atom stereocenters. The lowest BCUT2D eigenvalue weighted by atomic mass is 9.90. The number of nitrogen functional groups attached to an aromatic ring is 3. The van der Waals surface area contributed by atoms with Crippen LogP contribution in [0.4, 0.5) is 28.4 Å². The molecule has 4 heteroatoms. The zero-order valence-corrected chi connectivity index (χ0v) is 24.0. The molecule has 0 aliphatic carbocycles. The molecule has 44 heavy (non-hydrogen) atoms. The van der Waals surface area contributed by atoms with Crippen molar-refractivity contribution in [1.82, 2.24) is 0 Å². The van der Waals surface area contributed by atoms with Crippen LogP contribution in [0, 0.1) is 0 Å². The first-order valence-corrected chi connectivity index (χ1v) is 14.7. The van der Waals surface area contributed by atoms with Crippen molar-refractivity contribution in [3.63, 3.8) is 0 Å². The number of nitrogens with two attached hydrogens (primary N) is 3. The minimum atomic E-state index is 0.745. The Kier molecular flexibility index (Phi) is 5.88. The van der Waals surface area contributed by atoms with E-state index in [9.17, 15) is 0 Å². The monoisotopic (exact) mass is 566 g/mol. The molecule has 8 aromatic rings. The van der Waals surface area contributed by atoms with Gasteiger partial charge in [-0.05, 0) is 109 Å². The summed E-state index contributed by atoms with van der Waals surface area (Å²) in [5, 5.41) is 12.7. The first kappa shape index (κ1) is 25.7. The molecule has 0 saturated heterocycles. The second-order valence-corrected chi connectivity index (χ2v) is 11.4. The molecule has 0 radical (unpaired) electrons. The summed E-state index contributed by atoms with van der Waals surface area (Å²) in [6.07, 6.45) is 0. The number of fused-ring (bicyclic) bond motifs is 5. The van der Waals surface area contributed by atoms with Gasteiger partial charge in [-0.2, -0.15) is 0 Å². The van der Waals surface area contributed by atoms with Gasteiger partial charge in [-0.3, -0.25) is 0 Å². The van der Waals surface area contributed by atoms with Gasteiger partial charge in [0.1, 0.15) is 0 Å². The summed E-state index contributed by atoms with van der Waals surface area (Å²) >= 11 is 0. The van der Waals surface area contributed by atoms with Crippen LogP contribution in [0.1, 0.15) is 0 Å². The molecule has 0 fully saturated rings. The highest BCUT2D eigenvalue weighted by atomic mass is 14.9. The summed E-state index contributed by atoms with van der Waals surface area (Å²) < 4.78 is 0. The van der Waals surface area contributed by atoms with Crippen molar-refractivity contribution in [2.75, 3.05) is 22.5 Å². The van der Waals surface area contributed by atoms with Gasteiger partial charge in [0.2, 0.25) is 0 Å². The number of hydrogen-bond acceptors (Lipinski definition) is 4. The molecule has 8 aromatic carbocycles. The van der Waals surface area contributed by atoms with Gasteiger partial charge in [0.05, 0.1) is 0 Å². The quantitative estimate of drug-likeness (QED) is 0.0969. The highest BCUT2D eigenvalue weighted by molar-refractivity contribution is 6.20. The van der Waals surface area contributed by atoms with E-state index >= 15 is 0 Å². The Hall–Kier alpha value is -6.00. The van der Waals surface area contributed by atoms with E-state index in [2.05, 4.69) is 115 Å².